The summed E-state index contributed by atoms with van der Waals surface area (Å²) in [7, 11) is 0. The molecule has 0 atom stereocenters. The van der Waals surface area contributed by atoms with Crippen molar-refractivity contribution in [2.75, 3.05) is 38.1 Å². The van der Waals surface area contributed by atoms with Gasteiger partial charge >= 0.3 is 6.03 Å². The second kappa shape index (κ2) is 8.74. The average Bonchev–Trinajstić information content (AvgIpc) is 3.16. The highest BCUT2D eigenvalue weighted by molar-refractivity contribution is 5.85. The number of nitrogens with zero attached hydrogens (tertiary/aromatic N) is 4. The third-order valence-electron chi connectivity index (χ3n) is 5.03. The molecule has 0 radical (unpaired) electrons. The van der Waals surface area contributed by atoms with Crippen molar-refractivity contribution < 1.29 is 9.59 Å². The molecule has 0 saturated carbocycles. The highest BCUT2D eigenvalue weighted by Crippen LogP contribution is 2.11. The number of hydrogen-bond donors (Lipinski definition) is 2. The Bertz CT molecular complexity index is 979. The molecule has 8 nitrogen and oxygen atoms in total. The molecule has 2 N–H and O–H groups in total. The van der Waals surface area contributed by atoms with Gasteiger partial charge in [0.15, 0.2) is 0 Å². The first-order valence-corrected chi connectivity index (χ1v) is 9.70. The molecule has 1 aromatic heterocycles. The number of rotatable bonds is 5. The summed E-state index contributed by atoms with van der Waals surface area (Å²) in [5.74, 6) is -0.00311. The molecule has 3 aromatic rings. The number of carbonyl (C=O) groups is 2. The van der Waals surface area contributed by atoms with Gasteiger partial charge in [0, 0.05) is 32.7 Å². The standard InChI is InChI=1S/C21H24N6O2/c28-20(22-14-17-6-2-1-3-7-17)15-25-10-12-26(13-11-25)21(29)24-27-16-23-18-8-4-5-9-19(18)27/h1-9,16H,10-15H2,(H,22,28)(H,24,29). The van der Waals surface area contributed by atoms with E-state index in [9.17, 15) is 9.59 Å². The SMILES string of the molecule is O=C(CN1CCN(C(=O)Nn2cnc3ccccc32)CC1)NCc1ccccc1. The van der Waals surface area contributed by atoms with Crippen LogP contribution in [0, 0.1) is 0 Å². The van der Waals surface area contributed by atoms with Crippen LogP contribution in [0.3, 0.4) is 0 Å². The number of hydrogen-bond acceptors (Lipinski definition) is 4. The van der Waals surface area contributed by atoms with Crippen molar-refractivity contribution in [3.8, 4) is 0 Å². The van der Waals surface area contributed by atoms with Gasteiger partial charge in [-0.3, -0.25) is 9.69 Å². The molecule has 1 aliphatic heterocycles. The fraction of sp³-hybridized carbons (Fsp3) is 0.286. The van der Waals surface area contributed by atoms with Crippen LogP contribution in [-0.2, 0) is 11.3 Å². The van der Waals surface area contributed by atoms with Gasteiger partial charge in [0.05, 0.1) is 17.6 Å². The highest BCUT2D eigenvalue weighted by Gasteiger charge is 2.22. The molecule has 8 heteroatoms. The summed E-state index contributed by atoms with van der Waals surface area (Å²) in [6.45, 7) is 3.35. The van der Waals surface area contributed by atoms with Gasteiger partial charge in [-0.25, -0.2) is 19.9 Å². The Morgan fingerprint density at radius 3 is 2.45 bits per heavy atom. The Balaban J connectivity index is 1.22. The van der Waals surface area contributed by atoms with Gasteiger partial charge in [-0.05, 0) is 17.7 Å². The average molecular weight is 392 g/mol. The predicted octanol–water partition coefficient (Wildman–Crippen LogP) is 1.63. The number of aromatic nitrogens is 2. The summed E-state index contributed by atoms with van der Waals surface area (Å²) in [6.07, 6.45) is 1.61. The molecule has 1 aliphatic rings. The van der Waals surface area contributed by atoms with Crippen molar-refractivity contribution in [1.82, 2.24) is 24.8 Å². The maximum Gasteiger partial charge on any atom is 0.336 e. The Labute approximate surface area is 169 Å². The zero-order valence-electron chi connectivity index (χ0n) is 16.1. The molecular formula is C21H24N6O2. The Morgan fingerprint density at radius 1 is 0.931 bits per heavy atom. The first-order valence-electron chi connectivity index (χ1n) is 9.70. The van der Waals surface area contributed by atoms with E-state index >= 15 is 0 Å². The zero-order valence-corrected chi connectivity index (χ0v) is 16.1. The lowest BCUT2D eigenvalue weighted by Gasteiger charge is -2.34. The van der Waals surface area contributed by atoms with Crippen LogP contribution in [0.25, 0.3) is 11.0 Å². The zero-order chi connectivity index (χ0) is 20.1. The topological polar surface area (TPSA) is 82.5 Å². The maximum atomic E-state index is 12.6. The molecule has 0 bridgehead atoms. The second-order valence-corrected chi connectivity index (χ2v) is 7.05. The molecule has 2 heterocycles. The third-order valence-corrected chi connectivity index (χ3v) is 5.03. The fourth-order valence-corrected chi connectivity index (χ4v) is 3.39. The minimum atomic E-state index is -0.165. The normalized spacial score (nSPS) is 14.7. The highest BCUT2D eigenvalue weighted by atomic mass is 16.2. The molecule has 29 heavy (non-hydrogen) atoms. The molecule has 3 amide bonds. The third kappa shape index (κ3) is 4.72. The molecule has 150 valence electrons. The minimum Gasteiger partial charge on any atom is -0.351 e. The lowest BCUT2D eigenvalue weighted by molar-refractivity contribution is -0.122. The predicted molar refractivity (Wildman–Crippen MR) is 111 cm³/mol. The van der Waals surface area contributed by atoms with E-state index in [-0.39, 0.29) is 11.9 Å². The van der Waals surface area contributed by atoms with Gasteiger partial charge in [-0.15, -0.1) is 0 Å². The first kappa shape index (κ1) is 18.9. The fourth-order valence-electron chi connectivity index (χ4n) is 3.39. The van der Waals surface area contributed by atoms with Gasteiger partial charge in [0.2, 0.25) is 5.91 Å². The molecule has 0 unspecified atom stereocenters. The number of carbonyl (C=O) groups excluding carboxylic acids is 2. The molecule has 1 fully saturated rings. The largest absolute Gasteiger partial charge is 0.351 e. The van der Waals surface area contributed by atoms with Crippen molar-refractivity contribution in [1.29, 1.82) is 0 Å². The van der Waals surface area contributed by atoms with Crippen LogP contribution in [0.4, 0.5) is 4.79 Å². The van der Waals surface area contributed by atoms with E-state index in [1.165, 1.54) is 0 Å². The quantitative estimate of drug-likeness (QED) is 0.692. The number of para-hydroxylation sites is 2. The van der Waals surface area contributed by atoms with Crippen LogP contribution < -0.4 is 10.7 Å². The van der Waals surface area contributed by atoms with Crippen molar-refractivity contribution in [3.05, 3.63) is 66.5 Å². The number of imidazole rings is 1. The van der Waals surface area contributed by atoms with Crippen molar-refractivity contribution in [2.24, 2.45) is 0 Å². The summed E-state index contributed by atoms with van der Waals surface area (Å²) in [4.78, 5) is 32.8. The Kier molecular flexibility index (Phi) is 5.71. The smallest absolute Gasteiger partial charge is 0.336 e. The van der Waals surface area contributed by atoms with Crippen LogP contribution in [0.5, 0.6) is 0 Å². The number of piperazine rings is 1. The summed E-state index contributed by atoms with van der Waals surface area (Å²) >= 11 is 0. The summed E-state index contributed by atoms with van der Waals surface area (Å²) in [5, 5.41) is 2.94. The lowest BCUT2D eigenvalue weighted by Crippen LogP contribution is -2.52. The molecule has 0 spiro atoms. The summed E-state index contributed by atoms with van der Waals surface area (Å²) < 4.78 is 1.64. The van der Waals surface area contributed by atoms with Crippen LogP contribution in [0.2, 0.25) is 0 Å². The second-order valence-electron chi connectivity index (χ2n) is 7.05. The van der Waals surface area contributed by atoms with Crippen molar-refractivity contribution in [3.63, 3.8) is 0 Å². The van der Waals surface area contributed by atoms with E-state index in [1.807, 2.05) is 54.6 Å². The van der Waals surface area contributed by atoms with E-state index in [1.54, 1.807) is 15.9 Å². The maximum absolute atomic E-state index is 12.6. The van der Waals surface area contributed by atoms with Gasteiger partial charge in [-0.2, -0.15) is 0 Å². The molecule has 2 aromatic carbocycles. The van der Waals surface area contributed by atoms with Gasteiger partial charge < -0.3 is 10.2 Å². The minimum absolute atomic E-state index is 0.00311. The van der Waals surface area contributed by atoms with Crippen molar-refractivity contribution in [2.45, 2.75) is 6.54 Å². The summed E-state index contributed by atoms with van der Waals surface area (Å²) in [5.41, 5.74) is 5.64. The Hall–Kier alpha value is -3.39. The van der Waals surface area contributed by atoms with Crippen molar-refractivity contribution >= 4 is 23.0 Å². The number of amides is 3. The van der Waals surface area contributed by atoms with E-state index in [0.29, 0.717) is 39.3 Å². The van der Waals surface area contributed by atoms with E-state index in [2.05, 4.69) is 20.6 Å². The summed E-state index contributed by atoms with van der Waals surface area (Å²) in [6, 6.07) is 17.3. The van der Waals surface area contributed by atoms with Crippen LogP contribution >= 0.6 is 0 Å². The van der Waals surface area contributed by atoms with E-state index in [0.717, 1.165) is 16.6 Å². The number of urea groups is 1. The van der Waals surface area contributed by atoms with E-state index < -0.39 is 0 Å². The Morgan fingerprint density at radius 2 is 1.66 bits per heavy atom. The first-order chi connectivity index (χ1) is 14.2. The molecule has 1 saturated heterocycles. The van der Waals surface area contributed by atoms with Crippen LogP contribution in [0.15, 0.2) is 60.9 Å². The molecule has 4 rings (SSSR count). The van der Waals surface area contributed by atoms with Gasteiger partial charge in [0.25, 0.3) is 0 Å². The molecule has 0 aliphatic carbocycles. The van der Waals surface area contributed by atoms with E-state index in [4.69, 9.17) is 0 Å². The van der Waals surface area contributed by atoms with Crippen LogP contribution in [0.1, 0.15) is 5.56 Å². The van der Waals surface area contributed by atoms with Gasteiger partial charge in [0.1, 0.15) is 6.33 Å². The van der Waals surface area contributed by atoms with Gasteiger partial charge in [-0.1, -0.05) is 42.5 Å². The number of fused-ring (bicyclic) bond motifs is 1. The lowest BCUT2D eigenvalue weighted by atomic mass is 10.2. The molecular weight excluding hydrogens is 368 g/mol. The number of benzene rings is 2. The van der Waals surface area contributed by atoms with Crippen LogP contribution in [-0.4, -0.2) is 64.1 Å². The monoisotopic (exact) mass is 392 g/mol. The number of nitrogens with one attached hydrogen (secondary N) is 2.